The fraction of sp³-hybridized carbons (Fsp3) is 0.609. The number of esters is 1. The molecule has 3 fully saturated rings. The number of aliphatic hydroxyl groups is 1. The van der Waals surface area contributed by atoms with Crippen LogP contribution < -0.4 is 5.32 Å². The number of nitrogens with zero attached hydrogens (tertiary/aromatic N) is 1. The lowest BCUT2D eigenvalue weighted by Gasteiger charge is -2.33. The van der Waals surface area contributed by atoms with Crippen molar-refractivity contribution in [2.75, 3.05) is 25.1 Å². The number of ether oxygens (including phenoxy) is 2. The fourth-order valence-electron chi connectivity index (χ4n) is 5.87. The lowest BCUT2D eigenvalue weighted by atomic mass is 9.66. The minimum absolute atomic E-state index is 0.00244. The number of fused-ring (bicyclic) bond motifs is 1. The molecule has 8 heteroatoms. The minimum atomic E-state index is -1.11. The van der Waals surface area contributed by atoms with E-state index in [1.807, 2.05) is 39.0 Å². The van der Waals surface area contributed by atoms with Gasteiger partial charge >= 0.3 is 5.97 Å². The van der Waals surface area contributed by atoms with Gasteiger partial charge in [-0.15, -0.1) is 0 Å². The molecular weight excluding hydrogens is 400 g/mol. The van der Waals surface area contributed by atoms with Crippen LogP contribution in [0.5, 0.6) is 0 Å². The van der Waals surface area contributed by atoms with Crippen LogP contribution in [0, 0.1) is 25.7 Å². The van der Waals surface area contributed by atoms with Gasteiger partial charge in [-0.25, -0.2) is 0 Å². The number of carbonyl (C=O) groups is 3. The Morgan fingerprint density at radius 1 is 1.29 bits per heavy atom. The van der Waals surface area contributed by atoms with E-state index in [9.17, 15) is 19.5 Å². The molecule has 4 rings (SSSR count). The molecule has 0 aromatic heterocycles. The summed E-state index contributed by atoms with van der Waals surface area (Å²) in [5.41, 5.74) is 0.556. The van der Waals surface area contributed by atoms with Crippen molar-refractivity contribution < 1.29 is 29.0 Å². The molecule has 2 amide bonds. The number of β-amino-alcohol motifs (C(OH)–C–C–N with tert-alkyl or cyclic N) is 1. The first kappa shape index (κ1) is 21.8. The van der Waals surface area contributed by atoms with Gasteiger partial charge < -0.3 is 24.8 Å². The highest BCUT2D eigenvalue weighted by Gasteiger charge is 2.78. The highest BCUT2D eigenvalue weighted by atomic mass is 16.6. The Labute approximate surface area is 181 Å². The maximum absolute atomic E-state index is 13.6. The first-order valence-corrected chi connectivity index (χ1v) is 10.9. The number of benzene rings is 1. The van der Waals surface area contributed by atoms with Crippen molar-refractivity contribution in [2.24, 2.45) is 11.8 Å². The maximum atomic E-state index is 13.6. The average molecular weight is 431 g/mol. The zero-order valence-electron chi connectivity index (χ0n) is 18.4. The molecule has 0 saturated carbocycles. The predicted octanol–water partition coefficient (Wildman–Crippen LogP) is 1.56. The van der Waals surface area contributed by atoms with Crippen LogP contribution >= 0.6 is 0 Å². The monoisotopic (exact) mass is 430 g/mol. The maximum Gasteiger partial charge on any atom is 0.312 e. The van der Waals surface area contributed by atoms with Crippen LogP contribution in [0.4, 0.5) is 5.69 Å². The van der Waals surface area contributed by atoms with Gasteiger partial charge in [0, 0.05) is 12.2 Å². The van der Waals surface area contributed by atoms with E-state index in [-0.39, 0.29) is 31.6 Å². The second-order valence-electron chi connectivity index (χ2n) is 8.99. The van der Waals surface area contributed by atoms with E-state index in [0.29, 0.717) is 18.5 Å². The summed E-state index contributed by atoms with van der Waals surface area (Å²) >= 11 is 0. The van der Waals surface area contributed by atoms with E-state index in [1.54, 1.807) is 6.92 Å². The number of para-hydroxylation sites is 1. The molecule has 8 nitrogen and oxygen atoms in total. The molecule has 2 bridgehead atoms. The number of aryl methyl sites for hydroxylation is 2. The standard InChI is InChI=1S/C23H30N2O6/c1-5-30-21(29)16-15-20(28)25(11-12-26)18(23(15)10-9-22(16,4)31-23)19(27)24-17-13(2)7-6-8-14(17)3/h6-8,15-16,18,26H,5,9-12H2,1-4H3,(H,24,27)/t15-,16+,18?,22-,23?/m0/s1. The number of amides is 2. The van der Waals surface area contributed by atoms with Crippen LogP contribution in [0.25, 0.3) is 0 Å². The van der Waals surface area contributed by atoms with Gasteiger partial charge in [0.1, 0.15) is 17.6 Å². The van der Waals surface area contributed by atoms with Gasteiger partial charge in [-0.05, 0) is 51.7 Å². The van der Waals surface area contributed by atoms with E-state index in [4.69, 9.17) is 9.47 Å². The third-order valence-electron chi connectivity index (χ3n) is 7.14. The predicted molar refractivity (Wildman–Crippen MR) is 112 cm³/mol. The normalized spacial score (nSPS) is 33.5. The van der Waals surface area contributed by atoms with E-state index in [2.05, 4.69) is 5.32 Å². The minimum Gasteiger partial charge on any atom is -0.466 e. The molecule has 3 saturated heterocycles. The topological polar surface area (TPSA) is 105 Å². The third kappa shape index (κ3) is 3.07. The Kier molecular flexibility index (Phi) is 5.34. The molecule has 3 aliphatic rings. The summed E-state index contributed by atoms with van der Waals surface area (Å²) < 4.78 is 11.7. The molecule has 2 N–H and O–H groups in total. The molecule has 3 heterocycles. The molecular formula is C23H30N2O6. The number of hydrogen-bond donors (Lipinski definition) is 2. The van der Waals surface area contributed by atoms with Crippen LogP contribution in [0.2, 0.25) is 0 Å². The van der Waals surface area contributed by atoms with Crippen LogP contribution in [0.3, 0.4) is 0 Å². The first-order valence-electron chi connectivity index (χ1n) is 10.9. The molecule has 1 spiro atoms. The average Bonchev–Trinajstić information content (AvgIpc) is 3.27. The van der Waals surface area contributed by atoms with Crippen molar-refractivity contribution in [3.05, 3.63) is 29.3 Å². The number of aliphatic hydroxyl groups excluding tert-OH is 1. The first-order chi connectivity index (χ1) is 14.7. The summed E-state index contributed by atoms with van der Waals surface area (Å²) in [4.78, 5) is 41.3. The van der Waals surface area contributed by atoms with Gasteiger partial charge in [0.15, 0.2) is 0 Å². The molecule has 168 valence electrons. The quantitative estimate of drug-likeness (QED) is 0.664. The SMILES string of the molecule is CCOC(=O)[C@H]1[C@H]2C(=O)N(CCO)C(C(=O)Nc3c(C)cccc3C)C23CC[C@]1(C)O3. The van der Waals surface area contributed by atoms with Gasteiger partial charge in [-0.3, -0.25) is 14.4 Å². The van der Waals surface area contributed by atoms with Crippen molar-refractivity contribution >= 4 is 23.5 Å². The second-order valence-corrected chi connectivity index (χ2v) is 8.99. The van der Waals surface area contributed by atoms with Crippen LogP contribution in [0.1, 0.15) is 37.8 Å². The fourth-order valence-corrected chi connectivity index (χ4v) is 5.87. The number of likely N-dealkylation sites (tertiary alicyclic amines) is 1. The van der Waals surface area contributed by atoms with Crippen molar-refractivity contribution in [2.45, 2.75) is 57.8 Å². The van der Waals surface area contributed by atoms with Crippen LogP contribution in [-0.4, -0.2) is 64.8 Å². The lowest BCUT2D eigenvalue weighted by molar-refractivity contribution is -0.159. The molecule has 3 aliphatic heterocycles. The molecule has 1 aromatic rings. The Morgan fingerprint density at radius 3 is 2.58 bits per heavy atom. The van der Waals surface area contributed by atoms with Gasteiger partial charge in [0.25, 0.3) is 0 Å². The summed E-state index contributed by atoms with van der Waals surface area (Å²) in [6, 6.07) is 4.80. The molecule has 2 unspecified atom stereocenters. The van der Waals surface area contributed by atoms with E-state index in [1.165, 1.54) is 4.90 Å². The smallest absolute Gasteiger partial charge is 0.312 e. The highest BCUT2D eigenvalue weighted by molar-refractivity contribution is 6.04. The number of rotatable bonds is 6. The lowest BCUT2D eigenvalue weighted by Crippen LogP contribution is -2.53. The zero-order valence-corrected chi connectivity index (χ0v) is 18.4. The zero-order chi connectivity index (χ0) is 22.6. The van der Waals surface area contributed by atoms with Crippen molar-refractivity contribution in [1.82, 2.24) is 4.90 Å². The second kappa shape index (κ2) is 7.60. The van der Waals surface area contributed by atoms with E-state index < -0.39 is 35.0 Å². The van der Waals surface area contributed by atoms with Crippen LogP contribution in [-0.2, 0) is 23.9 Å². The summed E-state index contributed by atoms with van der Waals surface area (Å²) in [5.74, 6) is -2.74. The Hall–Kier alpha value is -2.45. The Bertz CT molecular complexity index is 912. The van der Waals surface area contributed by atoms with E-state index in [0.717, 1.165) is 11.1 Å². The Balaban J connectivity index is 1.74. The van der Waals surface area contributed by atoms with Crippen molar-refractivity contribution in [3.8, 4) is 0 Å². The van der Waals surface area contributed by atoms with Gasteiger partial charge in [0.05, 0.1) is 24.7 Å². The molecule has 1 aromatic carbocycles. The number of anilines is 1. The number of nitrogens with one attached hydrogen (secondary N) is 1. The molecule has 0 aliphatic carbocycles. The third-order valence-corrected chi connectivity index (χ3v) is 7.14. The van der Waals surface area contributed by atoms with Gasteiger partial charge in [0.2, 0.25) is 11.8 Å². The summed E-state index contributed by atoms with van der Waals surface area (Å²) in [7, 11) is 0. The van der Waals surface area contributed by atoms with Crippen molar-refractivity contribution in [1.29, 1.82) is 0 Å². The largest absolute Gasteiger partial charge is 0.466 e. The summed E-state index contributed by atoms with van der Waals surface area (Å²) in [6.45, 7) is 7.27. The Morgan fingerprint density at radius 2 is 1.97 bits per heavy atom. The van der Waals surface area contributed by atoms with Crippen molar-refractivity contribution in [3.63, 3.8) is 0 Å². The molecule has 0 radical (unpaired) electrons. The van der Waals surface area contributed by atoms with Gasteiger partial charge in [-0.2, -0.15) is 0 Å². The van der Waals surface area contributed by atoms with Crippen LogP contribution in [0.15, 0.2) is 18.2 Å². The number of hydrogen-bond acceptors (Lipinski definition) is 6. The molecule has 31 heavy (non-hydrogen) atoms. The number of carbonyl (C=O) groups excluding carboxylic acids is 3. The molecule has 5 atom stereocenters. The van der Waals surface area contributed by atoms with E-state index >= 15 is 0 Å². The summed E-state index contributed by atoms with van der Waals surface area (Å²) in [6.07, 6.45) is 1.04. The highest BCUT2D eigenvalue weighted by Crippen LogP contribution is 2.63. The van der Waals surface area contributed by atoms with Gasteiger partial charge in [-0.1, -0.05) is 18.2 Å². The summed E-state index contributed by atoms with van der Waals surface area (Å²) in [5, 5.41) is 12.6.